The number of nitrogens with two attached hydrogens (primary N) is 1. The molecule has 2 aromatic rings. The lowest BCUT2D eigenvalue weighted by molar-refractivity contribution is 0.350. The fourth-order valence-electron chi connectivity index (χ4n) is 1.60. The molecule has 0 bridgehead atoms. The van der Waals surface area contributed by atoms with Crippen molar-refractivity contribution in [2.45, 2.75) is 19.8 Å². The topological polar surface area (TPSA) is 77.8 Å². The van der Waals surface area contributed by atoms with Crippen molar-refractivity contribution in [1.82, 2.24) is 15.1 Å². The highest BCUT2D eigenvalue weighted by molar-refractivity contribution is 5.52. The summed E-state index contributed by atoms with van der Waals surface area (Å²) in [5.41, 5.74) is 6.56. The van der Waals surface area contributed by atoms with Crippen LogP contribution >= 0.6 is 0 Å². The second-order valence-corrected chi connectivity index (χ2v) is 3.96. The first kappa shape index (κ1) is 11.7. The lowest BCUT2D eigenvalue weighted by Gasteiger charge is -2.07. The Morgan fingerprint density at radius 3 is 2.76 bits per heavy atom. The largest absolute Gasteiger partial charge is 0.339 e. The molecule has 0 saturated carbocycles. The fourth-order valence-corrected chi connectivity index (χ4v) is 1.60. The molecule has 1 atom stereocenters. The van der Waals surface area contributed by atoms with E-state index >= 15 is 0 Å². The van der Waals surface area contributed by atoms with E-state index in [1.165, 1.54) is 0 Å². The molecule has 0 aliphatic heterocycles. The predicted molar refractivity (Wildman–Crippen MR) is 64.1 cm³/mol. The molecule has 0 aromatic carbocycles. The molecule has 90 valence electrons. The highest BCUT2D eigenvalue weighted by Gasteiger charge is 2.12. The molecule has 2 N–H and O–H groups in total. The molecule has 2 aromatic heterocycles. The molecule has 0 fully saturated rings. The van der Waals surface area contributed by atoms with Gasteiger partial charge in [0.05, 0.1) is 0 Å². The van der Waals surface area contributed by atoms with Crippen molar-refractivity contribution in [3.63, 3.8) is 0 Å². The van der Waals surface area contributed by atoms with Crippen LogP contribution in [-0.2, 0) is 6.42 Å². The summed E-state index contributed by atoms with van der Waals surface area (Å²) >= 11 is 0. The lowest BCUT2D eigenvalue weighted by atomic mass is 10.0. The summed E-state index contributed by atoms with van der Waals surface area (Å²) < 4.78 is 5.22. The summed E-state index contributed by atoms with van der Waals surface area (Å²) in [5, 5.41) is 3.95. The van der Waals surface area contributed by atoms with Gasteiger partial charge in [0, 0.05) is 24.4 Å². The zero-order valence-corrected chi connectivity index (χ0v) is 9.84. The van der Waals surface area contributed by atoms with Crippen LogP contribution < -0.4 is 5.73 Å². The number of hydrogen-bond acceptors (Lipinski definition) is 5. The van der Waals surface area contributed by atoms with Gasteiger partial charge >= 0.3 is 0 Å². The number of aromatic nitrogens is 3. The van der Waals surface area contributed by atoms with Gasteiger partial charge in [0.2, 0.25) is 11.7 Å². The monoisotopic (exact) mass is 232 g/mol. The minimum Gasteiger partial charge on any atom is -0.339 e. The minimum absolute atomic E-state index is 0.403. The molecule has 0 aliphatic rings. The van der Waals surface area contributed by atoms with Gasteiger partial charge in [0.15, 0.2) is 0 Å². The summed E-state index contributed by atoms with van der Waals surface area (Å²) in [7, 11) is 0. The quantitative estimate of drug-likeness (QED) is 0.848. The van der Waals surface area contributed by atoms with Crippen molar-refractivity contribution in [1.29, 1.82) is 0 Å². The van der Waals surface area contributed by atoms with Crippen LogP contribution in [0, 0.1) is 5.92 Å². The van der Waals surface area contributed by atoms with Crippen LogP contribution in [-0.4, -0.2) is 21.7 Å². The fraction of sp³-hybridized carbons (Fsp3) is 0.417. The minimum atomic E-state index is 0.403. The summed E-state index contributed by atoms with van der Waals surface area (Å²) in [6.07, 6.45) is 5.18. The van der Waals surface area contributed by atoms with E-state index < -0.39 is 0 Å². The summed E-state index contributed by atoms with van der Waals surface area (Å²) in [6.45, 7) is 2.75. The Labute approximate surface area is 100 Å². The Hall–Kier alpha value is -1.75. The van der Waals surface area contributed by atoms with E-state index in [4.69, 9.17) is 10.3 Å². The molecular weight excluding hydrogens is 216 g/mol. The zero-order chi connectivity index (χ0) is 12.1. The van der Waals surface area contributed by atoms with Crippen molar-refractivity contribution in [3.8, 4) is 11.4 Å². The van der Waals surface area contributed by atoms with E-state index in [0.29, 0.717) is 24.2 Å². The average molecular weight is 232 g/mol. The van der Waals surface area contributed by atoms with Crippen LogP contribution in [0.15, 0.2) is 29.0 Å². The van der Waals surface area contributed by atoms with Crippen LogP contribution in [0.5, 0.6) is 0 Å². The first-order chi connectivity index (χ1) is 8.33. The normalized spacial score (nSPS) is 12.6. The SMILES string of the molecule is CCC(CN)Cc1nc(-c2ccncc2)no1. The van der Waals surface area contributed by atoms with Crippen molar-refractivity contribution >= 4 is 0 Å². The third kappa shape index (κ3) is 2.88. The second kappa shape index (κ2) is 5.54. The number of hydrogen-bond donors (Lipinski definition) is 1. The van der Waals surface area contributed by atoms with Gasteiger partial charge in [-0.15, -0.1) is 0 Å². The molecule has 0 saturated heterocycles. The molecule has 0 radical (unpaired) electrons. The van der Waals surface area contributed by atoms with Crippen molar-refractivity contribution in [2.75, 3.05) is 6.54 Å². The Morgan fingerprint density at radius 1 is 1.35 bits per heavy atom. The van der Waals surface area contributed by atoms with Crippen molar-refractivity contribution in [3.05, 3.63) is 30.4 Å². The van der Waals surface area contributed by atoms with Crippen LogP contribution in [0.3, 0.4) is 0 Å². The van der Waals surface area contributed by atoms with Gasteiger partial charge in [-0.1, -0.05) is 18.5 Å². The molecular formula is C12H16N4O. The van der Waals surface area contributed by atoms with Crippen molar-refractivity contribution in [2.24, 2.45) is 11.7 Å². The number of rotatable bonds is 5. The highest BCUT2D eigenvalue weighted by atomic mass is 16.5. The van der Waals surface area contributed by atoms with E-state index in [0.717, 1.165) is 18.4 Å². The lowest BCUT2D eigenvalue weighted by Crippen LogP contribution is -2.15. The van der Waals surface area contributed by atoms with Gasteiger partial charge in [-0.2, -0.15) is 4.98 Å². The highest BCUT2D eigenvalue weighted by Crippen LogP contribution is 2.16. The van der Waals surface area contributed by atoms with E-state index in [-0.39, 0.29) is 0 Å². The molecule has 1 unspecified atom stereocenters. The summed E-state index contributed by atoms with van der Waals surface area (Å²) in [6, 6.07) is 3.71. The third-order valence-electron chi connectivity index (χ3n) is 2.78. The zero-order valence-electron chi connectivity index (χ0n) is 9.84. The Morgan fingerprint density at radius 2 is 2.12 bits per heavy atom. The van der Waals surface area contributed by atoms with Gasteiger partial charge in [0.25, 0.3) is 0 Å². The molecule has 17 heavy (non-hydrogen) atoms. The second-order valence-electron chi connectivity index (χ2n) is 3.96. The summed E-state index contributed by atoms with van der Waals surface area (Å²) in [4.78, 5) is 8.31. The average Bonchev–Trinajstić information content (AvgIpc) is 2.85. The van der Waals surface area contributed by atoms with Gasteiger partial charge in [-0.3, -0.25) is 4.98 Å². The molecule has 2 rings (SSSR count). The van der Waals surface area contributed by atoms with Gasteiger partial charge in [-0.25, -0.2) is 0 Å². The van der Waals surface area contributed by atoms with E-state index in [1.54, 1.807) is 12.4 Å². The molecule has 0 aliphatic carbocycles. The number of nitrogens with zero attached hydrogens (tertiary/aromatic N) is 3. The smallest absolute Gasteiger partial charge is 0.227 e. The first-order valence-electron chi connectivity index (χ1n) is 5.76. The number of pyridine rings is 1. The summed E-state index contributed by atoms with van der Waals surface area (Å²) in [5.74, 6) is 1.66. The maximum atomic E-state index is 5.65. The van der Waals surface area contributed by atoms with Gasteiger partial charge in [0.1, 0.15) is 0 Å². The Bertz CT molecular complexity index is 451. The molecule has 0 spiro atoms. The van der Waals surface area contributed by atoms with E-state index in [2.05, 4.69) is 22.0 Å². The first-order valence-corrected chi connectivity index (χ1v) is 5.76. The molecule has 2 heterocycles. The van der Waals surface area contributed by atoms with Crippen LogP contribution in [0.1, 0.15) is 19.2 Å². The van der Waals surface area contributed by atoms with Gasteiger partial charge < -0.3 is 10.3 Å². The standard InChI is InChI=1S/C12H16N4O/c1-2-9(8-13)7-11-15-12(16-17-11)10-3-5-14-6-4-10/h3-6,9H,2,7-8,13H2,1H3. The molecule has 0 amide bonds. The van der Waals surface area contributed by atoms with E-state index in [1.807, 2.05) is 12.1 Å². The van der Waals surface area contributed by atoms with Crippen LogP contribution in [0.2, 0.25) is 0 Å². The predicted octanol–water partition coefficient (Wildman–Crippen LogP) is 1.66. The van der Waals surface area contributed by atoms with Crippen LogP contribution in [0.4, 0.5) is 0 Å². The maximum absolute atomic E-state index is 5.65. The molecule has 5 heteroatoms. The Balaban J connectivity index is 2.11. The third-order valence-corrected chi connectivity index (χ3v) is 2.78. The van der Waals surface area contributed by atoms with Crippen molar-refractivity contribution < 1.29 is 4.52 Å². The molecule has 5 nitrogen and oxygen atoms in total. The Kier molecular flexibility index (Phi) is 3.82. The maximum Gasteiger partial charge on any atom is 0.227 e. The van der Waals surface area contributed by atoms with E-state index in [9.17, 15) is 0 Å². The van der Waals surface area contributed by atoms with Gasteiger partial charge in [-0.05, 0) is 24.6 Å². The van der Waals surface area contributed by atoms with Crippen LogP contribution in [0.25, 0.3) is 11.4 Å².